The highest BCUT2D eigenvalue weighted by Gasteiger charge is 2.14. The van der Waals surface area contributed by atoms with E-state index in [2.05, 4.69) is 20.4 Å². The minimum absolute atomic E-state index is 0.268. The lowest BCUT2D eigenvalue weighted by atomic mass is 10.3. The van der Waals surface area contributed by atoms with Gasteiger partial charge >= 0.3 is 0 Å². The molecule has 2 aromatic heterocycles. The van der Waals surface area contributed by atoms with Gasteiger partial charge in [0.05, 0.1) is 5.69 Å². The molecule has 0 saturated carbocycles. The normalized spacial score (nSPS) is 10.2. The molecular weight excluding hydrogens is 278 g/mol. The average Bonchev–Trinajstić information content (AvgIpc) is 2.83. The molecule has 1 aromatic carbocycles. The van der Waals surface area contributed by atoms with Crippen LogP contribution in [0, 0.1) is 18.3 Å². The summed E-state index contributed by atoms with van der Waals surface area (Å²) in [5, 5.41) is 16.5. The standard InChI is InChI=1S/C15H13N7/c1-10-12(8-16)15(17)22(21-10)14-7-13(18-9-19-14)20-11-5-3-2-4-6-11/h2-7,9H,17H2,1H3,(H,18,19,20). The molecule has 0 bridgehead atoms. The van der Waals surface area contributed by atoms with Crippen molar-refractivity contribution >= 4 is 17.3 Å². The van der Waals surface area contributed by atoms with Crippen molar-refractivity contribution in [3.05, 3.63) is 54.0 Å². The molecule has 0 fully saturated rings. The maximum atomic E-state index is 9.08. The van der Waals surface area contributed by atoms with E-state index in [0.717, 1.165) is 5.69 Å². The molecule has 0 radical (unpaired) electrons. The van der Waals surface area contributed by atoms with Gasteiger partial charge in [0.25, 0.3) is 0 Å². The molecule has 7 nitrogen and oxygen atoms in total. The van der Waals surface area contributed by atoms with Crippen LogP contribution in [0.4, 0.5) is 17.3 Å². The summed E-state index contributed by atoms with van der Waals surface area (Å²) in [6.07, 6.45) is 1.42. The first-order valence-corrected chi connectivity index (χ1v) is 6.58. The average molecular weight is 291 g/mol. The first-order valence-electron chi connectivity index (χ1n) is 6.58. The quantitative estimate of drug-likeness (QED) is 0.766. The number of nitriles is 1. The summed E-state index contributed by atoms with van der Waals surface area (Å²) in [6, 6.07) is 13.4. The van der Waals surface area contributed by atoms with Gasteiger partial charge in [-0.1, -0.05) is 18.2 Å². The number of para-hydroxylation sites is 1. The molecular formula is C15H13N7. The van der Waals surface area contributed by atoms with E-state index in [-0.39, 0.29) is 5.82 Å². The van der Waals surface area contributed by atoms with Gasteiger partial charge in [0.15, 0.2) is 5.82 Å². The summed E-state index contributed by atoms with van der Waals surface area (Å²) in [6.45, 7) is 1.73. The first kappa shape index (κ1) is 13.6. The van der Waals surface area contributed by atoms with Crippen LogP contribution < -0.4 is 11.1 Å². The molecule has 3 N–H and O–H groups in total. The zero-order chi connectivity index (χ0) is 15.5. The number of benzene rings is 1. The minimum Gasteiger partial charge on any atom is -0.382 e. The second kappa shape index (κ2) is 5.54. The van der Waals surface area contributed by atoms with Crippen LogP contribution in [0.15, 0.2) is 42.7 Å². The summed E-state index contributed by atoms with van der Waals surface area (Å²) in [7, 11) is 0. The van der Waals surface area contributed by atoms with Crippen LogP contribution in [-0.4, -0.2) is 19.7 Å². The SMILES string of the molecule is Cc1nn(-c2cc(Nc3ccccc3)ncn2)c(N)c1C#N. The van der Waals surface area contributed by atoms with E-state index >= 15 is 0 Å². The molecule has 3 aromatic rings. The van der Waals surface area contributed by atoms with E-state index in [1.807, 2.05) is 36.4 Å². The van der Waals surface area contributed by atoms with Crippen LogP contribution in [0.1, 0.15) is 11.3 Å². The van der Waals surface area contributed by atoms with Gasteiger partial charge in [0.1, 0.15) is 29.6 Å². The molecule has 0 saturated heterocycles. The van der Waals surface area contributed by atoms with Crippen molar-refractivity contribution in [2.45, 2.75) is 6.92 Å². The lowest BCUT2D eigenvalue weighted by molar-refractivity contribution is 0.836. The molecule has 0 aliphatic rings. The van der Waals surface area contributed by atoms with Crippen LogP contribution >= 0.6 is 0 Å². The Morgan fingerprint density at radius 1 is 1.23 bits per heavy atom. The molecule has 0 aliphatic heterocycles. The molecule has 7 heteroatoms. The second-order valence-corrected chi connectivity index (χ2v) is 4.62. The van der Waals surface area contributed by atoms with Gasteiger partial charge in [-0.15, -0.1) is 0 Å². The number of anilines is 3. The summed E-state index contributed by atoms with van der Waals surface area (Å²) >= 11 is 0. The Morgan fingerprint density at radius 3 is 2.68 bits per heavy atom. The van der Waals surface area contributed by atoms with Gasteiger partial charge in [-0.05, 0) is 19.1 Å². The lowest BCUT2D eigenvalue weighted by Gasteiger charge is -2.07. The van der Waals surface area contributed by atoms with Crippen molar-refractivity contribution in [3.63, 3.8) is 0 Å². The van der Waals surface area contributed by atoms with Gasteiger partial charge in [0, 0.05) is 11.8 Å². The van der Waals surface area contributed by atoms with Crippen molar-refractivity contribution < 1.29 is 0 Å². The van der Waals surface area contributed by atoms with Gasteiger partial charge in [-0.25, -0.2) is 9.97 Å². The van der Waals surface area contributed by atoms with Crippen LogP contribution in [0.3, 0.4) is 0 Å². The number of hydrogen-bond donors (Lipinski definition) is 2. The Bertz CT molecular complexity index is 846. The van der Waals surface area contributed by atoms with Crippen LogP contribution in [0.2, 0.25) is 0 Å². The summed E-state index contributed by atoms with van der Waals surface area (Å²) in [4.78, 5) is 8.33. The van der Waals surface area contributed by atoms with E-state index in [4.69, 9.17) is 11.0 Å². The van der Waals surface area contributed by atoms with E-state index in [1.165, 1.54) is 11.0 Å². The van der Waals surface area contributed by atoms with E-state index < -0.39 is 0 Å². The third kappa shape index (κ3) is 2.45. The maximum absolute atomic E-state index is 9.08. The molecule has 0 aliphatic carbocycles. The highest BCUT2D eigenvalue weighted by atomic mass is 15.3. The Morgan fingerprint density at radius 2 is 2.00 bits per heavy atom. The highest BCUT2D eigenvalue weighted by molar-refractivity contribution is 5.59. The third-order valence-electron chi connectivity index (χ3n) is 3.12. The highest BCUT2D eigenvalue weighted by Crippen LogP contribution is 2.20. The molecule has 108 valence electrons. The van der Waals surface area contributed by atoms with E-state index in [0.29, 0.717) is 22.9 Å². The smallest absolute Gasteiger partial charge is 0.161 e. The number of rotatable bonds is 3. The van der Waals surface area contributed by atoms with Crippen LogP contribution in [0.5, 0.6) is 0 Å². The van der Waals surface area contributed by atoms with E-state index in [1.54, 1.807) is 13.0 Å². The van der Waals surface area contributed by atoms with Crippen molar-refractivity contribution in [3.8, 4) is 11.9 Å². The lowest BCUT2D eigenvalue weighted by Crippen LogP contribution is -2.06. The Balaban J connectivity index is 1.97. The van der Waals surface area contributed by atoms with E-state index in [9.17, 15) is 0 Å². The number of hydrogen-bond acceptors (Lipinski definition) is 6. The number of nitrogen functional groups attached to an aromatic ring is 1. The number of aromatic nitrogens is 4. The topological polar surface area (TPSA) is 105 Å². The van der Waals surface area contributed by atoms with Crippen LogP contribution in [0.25, 0.3) is 5.82 Å². The number of nitrogens with two attached hydrogens (primary N) is 1. The fourth-order valence-corrected chi connectivity index (χ4v) is 2.06. The Labute approximate surface area is 127 Å². The van der Waals surface area contributed by atoms with Crippen molar-refractivity contribution in [2.24, 2.45) is 0 Å². The molecule has 2 heterocycles. The molecule has 22 heavy (non-hydrogen) atoms. The van der Waals surface area contributed by atoms with Gasteiger partial charge < -0.3 is 11.1 Å². The monoisotopic (exact) mass is 291 g/mol. The molecule has 0 amide bonds. The molecule has 3 rings (SSSR count). The number of nitrogens with one attached hydrogen (secondary N) is 1. The predicted molar refractivity (Wildman–Crippen MR) is 82.7 cm³/mol. The zero-order valence-electron chi connectivity index (χ0n) is 11.9. The summed E-state index contributed by atoms with van der Waals surface area (Å²) < 4.78 is 1.44. The zero-order valence-corrected chi connectivity index (χ0v) is 11.9. The summed E-state index contributed by atoms with van der Waals surface area (Å²) in [5.74, 6) is 1.38. The fraction of sp³-hybridized carbons (Fsp3) is 0.0667. The van der Waals surface area contributed by atoms with Crippen LogP contribution in [-0.2, 0) is 0 Å². The molecule has 0 unspecified atom stereocenters. The molecule has 0 atom stereocenters. The maximum Gasteiger partial charge on any atom is 0.161 e. The molecule has 0 spiro atoms. The number of aryl methyl sites for hydroxylation is 1. The van der Waals surface area contributed by atoms with Gasteiger partial charge in [-0.2, -0.15) is 15.0 Å². The van der Waals surface area contributed by atoms with Gasteiger partial charge in [-0.3, -0.25) is 0 Å². The first-order chi connectivity index (χ1) is 10.7. The Hall–Kier alpha value is -3.40. The summed E-state index contributed by atoms with van der Waals surface area (Å²) in [5.41, 5.74) is 7.78. The Kier molecular flexibility index (Phi) is 3.42. The van der Waals surface area contributed by atoms with Crippen molar-refractivity contribution in [1.29, 1.82) is 5.26 Å². The largest absolute Gasteiger partial charge is 0.382 e. The minimum atomic E-state index is 0.268. The third-order valence-corrected chi connectivity index (χ3v) is 3.12. The van der Waals surface area contributed by atoms with Crippen molar-refractivity contribution in [2.75, 3.05) is 11.1 Å². The van der Waals surface area contributed by atoms with Gasteiger partial charge in [0.2, 0.25) is 0 Å². The number of nitrogens with zero attached hydrogens (tertiary/aromatic N) is 5. The predicted octanol–water partition coefficient (Wildman–Crippen LogP) is 2.17. The van der Waals surface area contributed by atoms with Crippen molar-refractivity contribution in [1.82, 2.24) is 19.7 Å². The second-order valence-electron chi connectivity index (χ2n) is 4.62. The fourth-order valence-electron chi connectivity index (χ4n) is 2.06.